The lowest BCUT2D eigenvalue weighted by atomic mass is 10.1. The molecule has 112 valence electrons. The molecule has 5 heteroatoms. The Morgan fingerprint density at radius 1 is 1.19 bits per heavy atom. The summed E-state index contributed by atoms with van der Waals surface area (Å²) in [6, 6.07) is 8.56. The first-order chi connectivity index (χ1) is 10.2. The van der Waals surface area contributed by atoms with Gasteiger partial charge in [0.2, 0.25) is 5.89 Å². The molecule has 1 fully saturated rings. The van der Waals surface area contributed by atoms with Gasteiger partial charge in [-0.3, -0.25) is 0 Å². The van der Waals surface area contributed by atoms with Crippen molar-refractivity contribution in [3.63, 3.8) is 0 Å². The molecule has 5 nitrogen and oxygen atoms in total. The zero-order chi connectivity index (χ0) is 14.7. The van der Waals surface area contributed by atoms with E-state index in [2.05, 4.69) is 39.3 Å². The molecule has 2 aromatic rings. The third-order valence-electron chi connectivity index (χ3n) is 3.86. The summed E-state index contributed by atoms with van der Waals surface area (Å²) < 4.78 is 10.7. The molecule has 2 heterocycles. The van der Waals surface area contributed by atoms with Gasteiger partial charge >= 0.3 is 0 Å². The Labute approximate surface area is 124 Å². The fraction of sp³-hybridized carbons (Fsp3) is 0.500. The highest BCUT2D eigenvalue weighted by atomic mass is 16.5. The Hall–Kier alpha value is -1.88. The molecule has 1 aromatic heterocycles. The molecule has 1 unspecified atom stereocenters. The molecular weight excluding hydrogens is 266 g/mol. The Morgan fingerprint density at radius 2 is 2.00 bits per heavy atom. The molecule has 0 spiro atoms. The zero-order valence-corrected chi connectivity index (χ0v) is 12.6. The number of benzene rings is 1. The average molecular weight is 287 g/mol. The van der Waals surface area contributed by atoms with Crippen LogP contribution in [0.5, 0.6) is 0 Å². The average Bonchev–Trinajstić information content (AvgIpc) is 3.16. The van der Waals surface area contributed by atoms with Crippen LogP contribution in [-0.2, 0) is 17.6 Å². The van der Waals surface area contributed by atoms with E-state index in [0.717, 1.165) is 31.7 Å². The van der Waals surface area contributed by atoms with Crippen molar-refractivity contribution in [3.8, 4) is 0 Å². The molecule has 0 aliphatic carbocycles. The lowest BCUT2D eigenvalue weighted by Crippen LogP contribution is -2.08. The van der Waals surface area contributed by atoms with Crippen LogP contribution in [0.4, 0.5) is 5.69 Å². The van der Waals surface area contributed by atoms with Crippen molar-refractivity contribution in [2.24, 2.45) is 0 Å². The summed E-state index contributed by atoms with van der Waals surface area (Å²) in [5.74, 6) is 1.82. The molecular formula is C16H21N3O2. The van der Waals surface area contributed by atoms with Crippen molar-refractivity contribution in [1.82, 2.24) is 10.1 Å². The Balaban J connectivity index is 1.57. The smallest absolute Gasteiger partial charge is 0.226 e. The summed E-state index contributed by atoms with van der Waals surface area (Å²) in [6.07, 6.45) is 2.68. The van der Waals surface area contributed by atoms with E-state index in [1.54, 1.807) is 0 Å². The van der Waals surface area contributed by atoms with E-state index in [-0.39, 0.29) is 0 Å². The second-order valence-corrected chi connectivity index (χ2v) is 5.67. The number of anilines is 1. The minimum atomic E-state index is 0.307. The predicted molar refractivity (Wildman–Crippen MR) is 80.7 cm³/mol. The maximum atomic E-state index is 5.35. The van der Waals surface area contributed by atoms with Gasteiger partial charge in [-0.05, 0) is 30.5 Å². The monoisotopic (exact) mass is 287 g/mol. The summed E-state index contributed by atoms with van der Waals surface area (Å²) >= 11 is 0. The van der Waals surface area contributed by atoms with Crippen LogP contribution in [0.2, 0.25) is 0 Å². The maximum absolute atomic E-state index is 5.35. The number of rotatable bonds is 5. The highest BCUT2D eigenvalue weighted by Gasteiger charge is 2.22. The molecule has 1 atom stereocenters. The minimum absolute atomic E-state index is 0.307. The minimum Gasteiger partial charge on any atom is -0.381 e. The molecule has 0 radical (unpaired) electrons. The van der Waals surface area contributed by atoms with Crippen LogP contribution in [0, 0.1) is 0 Å². The first kappa shape index (κ1) is 14.1. The Kier molecular flexibility index (Phi) is 4.20. The zero-order valence-electron chi connectivity index (χ0n) is 12.6. The first-order valence-corrected chi connectivity index (χ1v) is 7.39. The molecule has 0 amide bonds. The van der Waals surface area contributed by atoms with E-state index >= 15 is 0 Å². The van der Waals surface area contributed by atoms with Gasteiger partial charge in [0.15, 0.2) is 5.82 Å². The highest BCUT2D eigenvalue weighted by Crippen LogP contribution is 2.22. The standard InChI is InChI=1S/C16H21N3O2/c1-19(2)14-6-3-12(4-7-14)5-8-15-17-16(18-21-15)13-9-10-20-11-13/h3-4,6-7,13H,5,8-11H2,1-2H3. The summed E-state index contributed by atoms with van der Waals surface area (Å²) in [6.45, 7) is 1.51. The molecule has 0 N–H and O–H groups in total. The van der Waals surface area contributed by atoms with Gasteiger partial charge in [-0.15, -0.1) is 0 Å². The van der Waals surface area contributed by atoms with Crippen LogP contribution in [0.15, 0.2) is 28.8 Å². The summed E-state index contributed by atoms with van der Waals surface area (Å²) in [7, 11) is 4.09. The normalized spacial score (nSPS) is 18.1. The quantitative estimate of drug-likeness (QED) is 0.845. The van der Waals surface area contributed by atoms with Crippen LogP contribution < -0.4 is 4.90 Å². The number of ether oxygens (including phenoxy) is 1. The molecule has 21 heavy (non-hydrogen) atoms. The number of nitrogens with zero attached hydrogens (tertiary/aromatic N) is 3. The second kappa shape index (κ2) is 6.26. The molecule has 3 rings (SSSR count). The summed E-state index contributed by atoms with van der Waals surface area (Å²) in [5, 5.41) is 4.08. The topological polar surface area (TPSA) is 51.4 Å². The van der Waals surface area contributed by atoms with Gasteiger partial charge in [0.1, 0.15) is 0 Å². The van der Waals surface area contributed by atoms with Crippen LogP contribution >= 0.6 is 0 Å². The molecule has 0 saturated carbocycles. The van der Waals surface area contributed by atoms with Crippen LogP contribution in [0.3, 0.4) is 0 Å². The second-order valence-electron chi connectivity index (χ2n) is 5.67. The van der Waals surface area contributed by atoms with E-state index in [1.807, 2.05) is 14.1 Å². The number of hydrogen-bond donors (Lipinski definition) is 0. The molecule has 1 aliphatic heterocycles. The van der Waals surface area contributed by atoms with Crippen molar-refractivity contribution in [2.75, 3.05) is 32.2 Å². The molecule has 1 saturated heterocycles. The van der Waals surface area contributed by atoms with Gasteiger partial charge in [-0.2, -0.15) is 4.98 Å². The third-order valence-corrected chi connectivity index (χ3v) is 3.86. The molecule has 1 aromatic carbocycles. The summed E-state index contributed by atoms with van der Waals surface area (Å²) in [4.78, 5) is 6.58. The number of aryl methyl sites for hydroxylation is 2. The lowest BCUT2D eigenvalue weighted by Gasteiger charge is -2.12. The van der Waals surface area contributed by atoms with E-state index in [1.165, 1.54) is 11.3 Å². The Morgan fingerprint density at radius 3 is 2.67 bits per heavy atom. The predicted octanol–water partition coefficient (Wildman–Crippen LogP) is 2.42. The van der Waals surface area contributed by atoms with Gasteiger partial charge in [0, 0.05) is 38.7 Å². The fourth-order valence-corrected chi connectivity index (χ4v) is 2.49. The van der Waals surface area contributed by atoms with Crippen molar-refractivity contribution in [2.45, 2.75) is 25.2 Å². The van der Waals surface area contributed by atoms with Gasteiger partial charge in [-0.1, -0.05) is 17.3 Å². The largest absolute Gasteiger partial charge is 0.381 e. The molecule has 0 bridgehead atoms. The fourth-order valence-electron chi connectivity index (χ4n) is 2.49. The highest BCUT2D eigenvalue weighted by molar-refractivity contribution is 5.46. The summed E-state index contributed by atoms with van der Waals surface area (Å²) in [5.41, 5.74) is 2.49. The van der Waals surface area contributed by atoms with Gasteiger partial charge in [0.05, 0.1) is 6.61 Å². The van der Waals surface area contributed by atoms with Gasteiger partial charge < -0.3 is 14.2 Å². The van der Waals surface area contributed by atoms with Crippen molar-refractivity contribution >= 4 is 5.69 Å². The maximum Gasteiger partial charge on any atom is 0.226 e. The van der Waals surface area contributed by atoms with Crippen LogP contribution in [0.25, 0.3) is 0 Å². The SMILES string of the molecule is CN(C)c1ccc(CCc2nc(C3CCOC3)no2)cc1. The van der Waals surface area contributed by atoms with Crippen LogP contribution in [-0.4, -0.2) is 37.4 Å². The van der Waals surface area contributed by atoms with E-state index in [9.17, 15) is 0 Å². The van der Waals surface area contributed by atoms with E-state index in [4.69, 9.17) is 9.26 Å². The first-order valence-electron chi connectivity index (χ1n) is 7.39. The molecule has 1 aliphatic rings. The van der Waals surface area contributed by atoms with Gasteiger partial charge in [0.25, 0.3) is 0 Å². The van der Waals surface area contributed by atoms with Crippen molar-refractivity contribution in [1.29, 1.82) is 0 Å². The van der Waals surface area contributed by atoms with E-state index in [0.29, 0.717) is 18.4 Å². The number of aromatic nitrogens is 2. The Bertz CT molecular complexity index is 571. The van der Waals surface area contributed by atoms with Crippen molar-refractivity contribution < 1.29 is 9.26 Å². The van der Waals surface area contributed by atoms with Gasteiger partial charge in [-0.25, -0.2) is 0 Å². The lowest BCUT2D eigenvalue weighted by molar-refractivity contribution is 0.192. The van der Waals surface area contributed by atoms with E-state index < -0.39 is 0 Å². The van der Waals surface area contributed by atoms with Crippen molar-refractivity contribution in [3.05, 3.63) is 41.5 Å². The third kappa shape index (κ3) is 3.42. The van der Waals surface area contributed by atoms with Crippen LogP contribution in [0.1, 0.15) is 29.6 Å². The number of hydrogen-bond acceptors (Lipinski definition) is 5.